The second-order valence-corrected chi connectivity index (χ2v) is 4.41. The molecule has 0 aliphatic heterocycles. The molecule has 0 unspecified atom stereocenters. The highest BCUT2D eigenvalue weighted by molar-refractivity contribution is 7.86. The zero-order valence-corrected chi connectivity index (χ0v) is 8.35. The van der Waals surface area contributed by atoms with Crippen molar-refractivity contribution in [2.45, 2.75) is 11.8 Å². The fourth-order valence-electron chi connectivity index (χ4n) is 1.11. The molecular formula is C7H8ClNO3S. The molecule has 13 heavy (non-hydrogen) atoms. The third-order valence-corrected chi connectivity index (χ3v) is 2.82. The van der Waals surface area contributed by atoms with E-state index in [9.17, 15) is 8.42 Å². The number of nitrogen functional groups attached to an aromatic ring is 1. The number of aryl methyl sites for hydroxylation is 1. The molecule has 0 atom stereocenters. The maximum absolute atomic E-state index is 10.8. The van der Waals surface area contributed by atoms with E-state index in [-0.39, 0.29) is 10.6 Å². The molecule has 6 heteroatoms. The van der Waals surface area contributed by atoms with E-state index in [1.54, 1.807) is 0 Å². The first kappa shape index (κ1) is 10.3. The van der Waals surface area contributed by atoms with Crippen molar-refractivity contribution in [3.05, 3.63) is 22.7 Å². The van der Waals surface area contributed by atoms with Gasteiger partial charge in [-0.1, -0.05) is 11.6 Å². The molecule has 0 saturated heterocycles. The molecule has 1 aromatic rings. The molecule has 72 valence electrons. The molecule has 0 aromatic heterocycles. The normalized spacial score (nSPS) is 11.6. The van der Waals surface area contributed by atoms with Gasteiger partial charge in [-0.15, -0.1) is 0 Å². The number of halogens is 1. The van der Waals surface area contributed by atoms with Gasteiger partial charge in [0.25, 0.3) is 10.1 Å². The van der Waals surface area contributed by atoms with Crippen LogP contribution in [0.3, 0.4) is 0 Å². The molecule has 0 aliphatic carbocycles. The Balaban J connectivity index is 3.57. The van der Waals surface area contributed by atoms with Crippen molar-refractivity contribution in [2.75, 3.05) is 5.73 Å². The monoisotopic (exact) mass is 221 g/mol. The molecule has 0 saturated carbocycles. The van der Waals surface area contributed by atoms with E-state index in [0.29, 0.717) is 10.6 Å². The lowest BCUT2D eigenvalue weighted by Crippen LogP contribution is -2.05. The van der Waals surface area contributed by atoms with Crippen LogP contribution in [0.5, 0.6) is 0 Å². The van der Waals surface area contributed by atoms with E-state index in [1.165, 1.54) is 19.1 Å². The quantitative estimate of drug-likeness (QED) is 0.556. The topological polar surface area (TPSA) is 80.4 Å². The van der Waals surface area contributed by atoms with Gasteiger partial charge >= 0.3 is 0 Å². The second-order valence-electron chi connectivity index (χ2n) is 2.62. The van der Waals surface area contributed by atoms with Crippen LogP contribution in [0.25, 0.3) is 0 Å². The van der Waals surface area contributed by atoms with Gasteiger partial charge in [0.1, 0.15) is 4.90 Å². The Bertz CT molecular complexity index is 418. The summed E-state index contributed by atoms with van der Waals surface area (Å²) >= 11 is 5.62. The SMILES string of the molecule is Cc1cc(Cl)cc(N)c1S(=O)(=O)O. The minimum atomic E-state index is -4.26. The van der Waals surface area contributed by atoms with Crippen molar-refractivity contribution in [2.24, 2.45) is 0 Å². The minimum absolute atomic E-state index is 0.0486. The van der Waals surface area contributed by atoms with E-state index < -0.39 is 10.1 Å². The van der Waals surface area contributed by atoms with Gasteiger partial charge in [0.05, 0.1) is 5.69 Å². The number of benzene rings is 1. The highest BCUT2D eigenvalue weighted by atomic mass is 35.5. The van der Waals surface area contributed by atoms with Crippen LogP contribution in [0.15, 0.2) is 17.0 Å². The average Bonchev–Trinajstić information content (AvgIpc) is 1.78. The first-order valence-electron chi connectivity index (χ1n) is 3.35. The molecule has 3 N–H and O–H groups in total. The summed E-state index contributed by atoms with van der Waals surface area (Å²) in [4.78, 5) is -0.281. The number of nitrogens with two attached hydrogens (primary N) is 1. The first-order chi connectivity index (χ1) is 5.82. The predicted molar refractivity (Wildman–Crippen MR) is 50.4 cm³/mol. The smallest absolute Gasteiger partial charge is 0.296 e. The van der Waals surface area contributed by atoms with Gasteiger partial charge < -0.3 is 5.73 Å². The van der Waals surface area contributed by atoms with E-state index in [2.05, 4.69) is 0 Å². The van der Waals surface area contributed by atoms with Crippen molar-refractivity contribution < 1.29 is 13.0 Å². The van der Waals surface area contributed by atoms with Gasteiger partial charge in [-0.3, -0.25) is 4.55 Å². The van der Waals surface area contributed by atoms with Crippen LogP contribution in [-0.2, 0) is 10.1 Å². The molecular weight excluding hydrogens is 214 g/mol. The van der Waals surface area contributed by atoms with Gasteiger partial charge in [-0.2, -0.15) is 8.42 Å². The minimum Gasteiger partial charge on any atom is -0.398 e. The average molecular weight is 222 g/mol. The Hall–Kier alpha value is -0.780. The first-order valence-corrected chi connectivity index (χ1v) is 5.17. The van der Waals surface area contributed by atoms with E-state index in [0.717, 1.165) is 0 Å². The zero-order valence-electron chi connectivity index (χ0n) is 6.78. The Labute approximate surface area is 81.1 Å². The van der Waals surface area contributed by atoms with Crippen molar-refractivity contribution >= 4 is 27.4 Å². The third kappa shape index (κ3) is 2.12. The number of hydrogen-bond acceptors (Lipinski definition) is 3. The summed E-state index contributed by atoms with van der Waals surface area (Å²) in [6, 6.07) is 2.69. The summed E-state index contributed by atoms with van der Waals surface area (Å²) < 4.78 is 30.4. The summed E-state index contributed by atoms with van der Waals surface area (Å²) in [6.07, 6.45) is 0. The molecule has 1 aromatic carbocycles. The summed E-state index contributed by atoms with van der Waals surface area (Å²) in [5.41, 5.74) is 5.66. The molecule has 1 rings (SSSR count). The standard InChI is InChI=1S/C7H8ClNO3S/c1-4-2-5(8)3-6(9)7(4)13(10,11)12/h2-3H,9H2,1H3,(H,10,11,12). The summed E-state index contributed by atoms with van der Waals surface area (Å²) in [5, 5.41) is 0.336. The Morgan fingerprint density at radius 2 is 2.00 bits per heavy atom. The zero-order chi connectivity index (χ0) is 10.2. The van der Waals surface area contributed by atoms with Crippen LogP contribution in [0, 0.1) is 6.92 Å². The molecule has 0 spiro atoms. The Kier molecular flexibility index (Phi) is 2.51. The fraction of sp³-hybridized carbons (Fsp3) is 0.143. The lowest BCUT2D eigenvalue weighted by atomic mass is 10.2. The largest absolute Gasteiger partial charge is 0.398 e. The van der Waals surface area contributed by atoms with Crippen LogP contribution >= 0.6 is 11.6 Å². The Morgan fingerprint density at radius 1 is 1.46 bits per heavy atom. The number of rotatable bonds is 1. The van der Waals surface area contributed by atoms with Crippen molar-refractivity contribution in [1.82, 2.24) is 0 Å². The summed E-state index contributed by atoms with van der Waals surface area (Å²) in [5.74, 6) is 0. The third-order valence-electron chi connectivity index (χ3n) is 1.53. The van der Waals surface area contributed by atoms with E-state index in [1.807, 2.05) is 0 Å². The lowest BCUT2D eigenvalue weighted by molar-refractivity contribution is 0.483. The van der Waals surface area contributed by atoms with Crippen LogP contribution in [0.2, 0.25) is 5.02 Å². The molecule has 0 amide bonds. The molecule has 0 aliphatic rings. The summed E-state index contributed by atoms with van der Waals surface area (Å²) in [6.45, 7) is 1.51. The maximum atomic E-state index is 10.8. The van der Waals surface area contributed by atoms with Crippen LogP contribution < -0.4 is 5.73 Å². The highest BCUT2D eigenvalue weighted by Gasteiger charge is 2.17. The van der Waals surface area contributed by atoms with Crippen LogP contribution in [0.1, 0.15) is 5.56 Å². The van der Waals surface area contributed by atoms with Crippen molar-refractivity contribution in [3.8, 4) is 0 Å². The van der Waals surface area contributed by atoms with Crippen molar-refractivity contribution in [3.63, 3.8) is 0 Å². The molecule has 0 fully saturated rings. The maximum Gasteiger partial charge on any atom is 0.296 e. The lowest BCUT2D eigenvalue weighted by Gasteiger charge is -2.06. The van der Waals surface area contributed by atoms with Crippen molar-refractivity contribution in [1.29, 1.82) is 0 Å². The van der Waals surface area contributed by atoms with Gasteiger partial charge in [0.2, 0.25) is 0 Å². The summed E-state index contributed by atoms with van der Waals surface area (Å²) in [7, 11) is -4.26. The van der Waals surface area contributed by atoms with E-state index >= 15 is 0 Å². The molecule has 0 heterocycles. The van der Waals surface area contributed by atoms with Gasteiger partial charge in [-0.25, -0.2) is 0 Å². The molecule has 0 radical (unpaired) electrons. The van der Waals surface area contributed by atoms with Crippen LogP contribution in [0.4, 0.5) is 5.69 Å². The fourth-order valence-corrected chi connectivity index (χ4v) is 2.21. The Morgan fingerprint density at radius 3 is 2.38 bits per heavy atom. The second kappa shape index (κ2) is 3.17. The number of hydrogen-bond donors (Lipinski definition) is 2. The number of anilines is 1. The van der Waals surface area contributed by atoms with Crippen LogP contribution in [-0.4, -0.2) is 13.0 Å². The van der Waals surface area contributed by atoms with Gasteiger partial charge in [-0.05, 0) is 24.6 Å². The van der Waals surface area contributed by atoms with E-state index in [4.69, 9.17) is 21.9 Å². The molecule has 4 nitrogen and oxygen atoms in total. The van der Waals surface area contributed by atoms with Gasteiger partial charge in [0.15, 0.2) is 0 Å². The van der Waals surface area contributed by atoms with Gasteiger partial charge in [0, 0.05) is 5.02 Å². The predicted octanol–water partition coefficient (Wildman–Crippen LogP) is 1.48. The highest BCUT2D eigenvalue weighted by Crippen LogP contribution is 2.26. The molecule has 0 bridgehead atoms.